The van der Waals surface area contributed by atoms with Gasteiger partial charge in [-0.3, -0.25) is 0 Å². The summed E-state index contributed by atoms with van der Waals surface area (Å²) in [5, 5.41) is 0. The summed E-state index contributed by atoms with van der Waals surface area (Å²) in [5.41, 5.74) is 2.30. The Morgan fingerprint density at radius 1 is 0.906 bits per heavy atom. The molecule has 0 radical (unpaired) electrons. The molecular formula is C25H20F6O. The number of hydrogen-bond acceptors (Lipinski definition) is 1. The molecule has 1 unspecified atom stereocenters. The van der Waals surface area contributed by atoms with Gasteiger partial charge in [-0.2, -0.15) is 22.0 Å². The minimum absolute atomic E-state index is 0.0945. The van der Waals surface area contributed by atoms with E-state index in [0.717, 1.165) is 24.5 Å². The fourth-order valence-corrected chi connectivity index (χ4v) is 4.01. The van der Waals surface area contributed by atoms with Crippen molar-refractivity contribution in [1.29, 1.82) is 0 Å². The maximum atomic E-state index is 14.9. The fourth-order valence-electron chi connectivity index (χ4n) is 4.01. The number of benzene rings is 3. The van der Waals surface area contributed by atoms with E-state index < -0.39 is 36.2 Å². The van der Waals surface area contributed by atoms with E-state index in [0.29, 0.717) is 5.56 Å². The predicted molar refractivity (Wildman–Crippen MR) is 110 cm³/mol. The molecule has 4 rings (SSSR count). The van der Waals surface area contributed by atoms with Crippen molar-refractivity contribution in [3.8, 4) is 22.3 Å². The highest BCUT2D eigenvalue weighted by Crippen LogP contribution is 2.47. The molecule has 0 amide bonds. The zero-order chi connectivity index (χ0) is 23.1. The largest absolute Gasteiger partial charge is 0.420 e. The molecular weight excluding hydrogens is 430 g/mol. The van der Waals surface area contributed by atoms with Gasteiger partial charge in [0.15, 0.2) is 0 Å². The van der Waals surface area contributed by atoms with E-state index >= 15 is 0 Å². The number of ether oxygens (including phenoxy) is 1. The summed E-state index contributed by atoms with van der Waals surface area (Å²) < 4.78 is 86.8. The van der Waals surface area contributed by atoms with Gasteiger partial charge in [-0.15, -0.1) is 0 Å². The van der Waals surface area contributed by atoms with Gasteiger partial charge in [-0.1, -0.05) is 61.9 Å². The summed E-state index contributed by atoms with van der Waals surface area (Å²) in [6, 6.07) is 15.8. The van der Waals surface area contributed by atoms with Crippen molar-refractivity contribution in [2.45, 2.75) is 44.6 Å². The van der Waals surface area contributed by atoms with E-state index in [9.17, 15) is 26.3 Å². The van der Waals surface area contributed by atoms with Gasteiger partial charge in [-0.05, 0) is 46.4 Å². The summed E-state index contributed by atoms with van der Waals surface area (Å²) in [4.78, 5) is 0. The van der Waals surface area contributed by atoms with Crippen LogP contribution in [0.15, 0.2) is 60.7 Å². The van der Waals surface area contributed by atoms with Crippen LogP contribution in [0.1, 0.15) is 30.0 Å². The highest BCUT2D eigenvalue weighted by molar-refractivity contribution is 5.72. The minimum Gasteiger partial charge on any atom is -0.358 e. The first kappa shape index (κ1) is 22.4. The van der Waals surface area contributed by atoms with Crippen molar-refractivity contribution in [3.05, 3.63) is 83.2 Å². The molecule has 0 aromatic heterocycles. The van der Waals surface area contributed by atoms with Crippen molar-refractivity contribution in [2.24, 2.45) is 0 Å². The van der Waals surface area contributed by atoms with Crippen LogP contribution in [-0.2, 0) is 23.7 Å². The lowest BCUT2D eigenvalue weighted by molar-refractivity contribution is -0.299. The molecule has 1 aliphatic rings. The van der Waals surface area contributed by atoms with Gasteiger partial charge >= 0.3 is 12.1 Å². The Kier molecular flexibility index (Phi) is 5.79. The van der Waals surface area contributed by atoms with Crippen LogP contribution in [0.5, 0.6) is 0 Å². The van der Waals surface area contributed by atoms with Crippen molar-refractivity contribution < 1.29 is 31.1 Å². The average Bonchev–Trinajstić information content (AvgIpc) is 2.73. The zero-order valence-electron chi connectivity index (χ0n) is 17.1. The molecule has 1 nitrogen and oxygen atoms in total. The van der Waals surface area contributed by atoms with Crippen LogP contribution in [0.25, 0.3) is 22.3 Å². The molecule has 3 aromatic rings. The standard InChI is InChI=1S/C25H20F6O/c1-2-3-15-4-6-16(7-5-15)17-8-10-20(22(26)13-17)18-9-11-21-19(12-18)14-32-23(24(21,27)28)25(29,30)31/h4-13,23H,2-3,14H2,1H3. The smallest absolute Gasteiger partial charge is 0.358 e. The number of fused-ring (bicyclic) bond motifs is 1. The Bertz CT molecular complexity index is 1120. The highest BCUT2D eigenvalue weighted by Gasteiger charge is 2.60. The Morgan fingerprint density at radius 3 is 2.19 bits per heavy atom. The SMILES string of the molecule is CCCc1ccc(-c2ccc(-c3ccc4c(c3)COC(C(F)(F)F)C4(F)F)c(F)c2)cc1. The highest BCUT2D eigenvalue weighted by atomic mass is 19.4. The van der Waals surface area contributed by atoms with Gasteiger partial charge in [0.2, 0.25) is 6.10 Å². The lowest BCUT2D eigenvalue weighted by Crippen LogP contribution is -2.47. The van der Waals surface area contributed by atoms with Gasteiger partial charge in [-0.25, -0.2) is 4.39 Å². The Hall–Kier alpha value is -2.80. The molecule has 1 atom stereocenters. The molecule has 0 fully saturated rings. The van der Waals surface area contributed by atoms with Gasteiger partial charge in [0.1, 0.15) is 5.82 Å². The molecule has 0 aliphatic carbocycles. The molecule has 0 saturated carbocycles. The van der Waals surface area contributed by atoms with E-state index in [2.05, 4.69) is 11.7 Å². The first-order chi connectivity index (χ1) is 15.1. The van der Waals surface area contributed by atoms with Gasteiger partial charge in [0.25, 0.3) is 0 Å². The molecule has 168 valence electrons. The first-order valence-corrected chi connectivity index (χ1v) is 10.2. The number of halogens is 6. The van der Waals surface area contributed by atoms with Crippen molar-refractivity contribution in [1.82, 2.24) is 0 Å². The van der Waals surface area contributed by atoms with Crippen molar-refractivity contribution in [3.63, 3.8) is 0 Å². The van der Waals surface area contributed by atoms with Crippen LogP contribution in [0, 0.1) is 5.82 Å². The molecule has 7 heteroatoms. The number of hydrogen-bond donors (Lipinski definition) is 0. The molecule has 0 N–H and O–H groups in total. The third-order valence-corrected chi connectivity index (χ3v) is 5.60. The van der Waals surface area contributed by atoms with Gasteiger partial charge < -0.3 is 4.74 Å². The van der Waals surface area contributed by atoms with Crippen molar-refractivity contribution >= 4 is 0 Å². The molecule has 0 bridgehead atoms. The van der Waals surface area contributed by atoms with Gasteiger partial charge in [0, 0.05) is 11.1 Å². The van der Waals surface area contributed by atoms with Crippen LogP contribution >= 0.6 is 0 Å². The second-order valence-corrected chi connectivity index (χ2v) is 7.87. The fraction of sp³-hybridized carbons (Fsp3) is 0.280. The van der Waals surface area contributed by atoms with E-state index in [1.54, 1.807) is 6.07 Å². The lowest BCUT2D eigenvalue weighted by Gasteiger charge is -2.34. The molecule has 3 aromatic carbocycles. The van der Waals surface area contributed by atoms with Crippen LogP contribution in [0.2, 0.25) is 0 Å². The Labute approximate surface area is 181 Å². The third kappa shape index (κ3) is 4.13. The number of rotatable bonds is 4. The summed E-state index contributed by atoms with van der Waals surface area (Å²) in [6.45, 7) is 1.46. The maximum Gasteiger partial charge on any atom is 0.420 e. The molecule has 1 heterocycles. The zero-order valence-corrected chi connectivity index (χ0v) is 17.1. The summed E-state index contributed by atoms with van der Waals surface area (Å²) in [6.07, 6.45) is -6.42. The molecule has 32 heavy (non-hydrogen) atoms. The second-order valence-electron chi connectivity index (χ2n) is 7.87. The van der Waals surface area contributed by atoms with Gasteiger partial charge in [0.05, 0.1) is 6.61 Å². The van der Waals surface area contributed by atoms with Crippen LogP contribution < -0.4 is 0 Å². The molecule has 0 saturated heterocycles. The predicted octanol–water partition coefficient (Wildman–Crippen LogP) is 7.67. The Morgan fingerprint density at radius 2 is 1.56 bits per heavy atom. The first-order valence-electron chi connectivity index (χ1n) is 10.2. The van der Waals surface area contributed by atoms with Crippen LogP contribution in [0.4, 0.5) is 26.3 Å². The summed E-state index contributed by atoms with van der Waals surface area (Å²) >= 11 is 0. The monoisotopic (exact) mass is 450 g/mol. The maximum absolute atomic E-state index is 14.9. The summed E-state index contributed by atoms with van der Waals surface area (Å²) in [7, 11) is 0. The average molecular weight is 450 g/mol. The van der Waals surface area contributed by atoms with Crippen LogP contribution in [0.3, 0.4) is 0 Å². The quantitative estimate of drug-likeness (QED) is 0.371. The van der Waals surface area contributed by atoms with E-state index in [-0.39, 0.29) is 16.7 Å². The van der Waals surface area contributed by atoms with E-state index in [1.165, 1.54) is 29.8 Å². The summed E-state index contributed by atoms with van der Waals surface area (Å²) in [5.74, 6) is -4.78. The van der Waals surface area contributed by atoms with E-state index in [1.807, 2.05) is 24.3 Å². The lowest BCUT2D eigenvalue weighted by atomic mass is 9.91. The topological polar surface area (TPSA) is 9.23 Å². The molecule has 0 spiro atoms. The third-order valence-electron chi connectivity index (χ3n) is 5.60. The normalized spacial score (nSPS) is 17.8. The number of alkyl halides is 5. The van der Waals surface area contributed by atoms with E-state index in [4.69, 9.17) is 0 Å². The number of aryl methyl sites for hydroxylation is 1. The second kappa shape index (κ2) is 8.28. The van der Waals surface area contributed by atoms with Crippen molar-refractivity contribution in [2.75, 3.05) is 0 Å². The Balaban J connectivity index is 1.64. The van der Waals surface area contributed by atoms with Crippen LogP contribution in [-0.4, -0.2) is 12.3 Å². The minimum atomic E-state index is -5.20. The molecule has 1 aliphatic heterocycles.